The van der Waals surface area contributed by atoms with Gasteiger partial charge in [0.2, 0.25) is 11.8 Å². The highest BCUT2D eigenvalue weighted by Crippen LogP contribution is 2.34. The van der Waals surface area contributed by atoms with E-state index in [0.717, 1.165) is 30.5 Å². The predicted molar refractivity (Wildman–Crippen MR) is 100 cm³/mol. The van der Waals surface area contributed by atoms with Crippen LogP contribution in [0, 0.1) is 0 Å². The van der Waals surface area contributed by atoms with Crippen molar-refractivity contribution in [3.63, 3.8) is 0 Å². The summed E-state index contributed by atoms with van der Waals surface area (Å²) in [7, 11) is 0. The number of hydrogen-bond acceptors (Lipinski definition) is 6. The molecule has 29 heavy (non-hydrogen) atoms. The molecular formula is C20H21N5O4. The summed E-state index contributed by atoms with van der Waals surface area (Å²) in [6, 6.07) is 4.86. The number of imide groups is 1. The first-order valence-electron chi connectivity index (χ1n) is 9.89. The summed E-state index contributed by atoms with van der Waals surface area (Å²) < 4.78 is 1.61. The molecule has 3 aliphatic rings. The number of aliphatic hydroxyl groups is 1. The van der Waals surface area contributed by atoms with Gasteiger partial charge in [-0.15, -0.1) is 5.10 Å². The Morgan fingerprint density at radius 1 is 1.14 bits per heavy atom. The minimum atomic E-state index is -0.627. The zero-order valence-electron chi connectivity index (χ0n) is 15.7. The third kappa shape index (κ3) is 3.02. The summed E-state index contributed by atoms with van der Waals surface area (Å²) in [6.07, 6.45) is 4.64. The molecule has 1 aromatic heterocycles. The molecule has 9 nitrogen and oxygen atoms in total. The van der Waals surface area contributed by atoms with Crippen molar-refractivity contribution < 1.29 is 19.5 Å². The van der Waals surface area contributed by atoms with Crippen molar-refractivity contribution in [2.24, 2.45) is 0 Å². The van der Waals surface area contributed by atoms with Gasteiger partial charge >= 0.3 is 0 Å². The number of piperidine rings is 1. The van der Waals surface area contributed by atoms with Crippen LogP contribution in [0.25, 0.3) is 5.69 Å². The van der Waals surface area contributed by atoms with Crippen LogP contribution in [0.2, 0.25) is 0 Å². The van der Waals surface area contributed by atoms with Crippen LogP contribution in [0.1, 0.15) is 59.6 Å². The number of aliphatic hydroxyl groups excluding tert-OH is 1. The Kier molecular flexibility index (Phi) is 4.20. The molecule has 3 amide bonds. The number of aromatic nitrogens is 3. The molecule has 1 aromatic carbocycles. The van der Waals surface area contributed by atoms with Gasteiger partial charge in [-0.3, -0.25) is 19.7 Å². The van der Waals surface area contributed by atoms with E-state index >= 15 is 0 Å². The maximum absolute atomic E-state index is 12.9. The van der Waals surface area contributed by atoms with E-state index in [2.05, 4.69) is 15.6 Å². The minimum Gasteiger partial charge on any atom is -0.392 e. The molecule has 0 radical (unpaired) electrons. The van der Waals surface area contributed by atoms with Gasteiger partial charge in [0.1, 0.15) is 6.04 Å². The van der Waals surface area contributed by atoms with Crippen LogP contribution in [0.15, 0.2) is 24.4 Å². The van der Waals surface area contributed by atoms with Crippen molar-refractivity contribution in [2.45, 2.75) is 56.7 Å². The molecule has 1 saturated carbocycles. The Bertz CT molecular complexity index is 1020. The lowest BCUT2D eigenvalue weighted by molar-refractivity contribution is -0.136. The lowest BCUT2D eigenvalue weighted by Gasteiger charge is -2.29. The first-order chi connectivity index (χ1) is 14.0. The SMILES string of the molecule is O=C1CCC(N2Cc3ccc(-n4cc([C@H]5CCC[C@H]5O)nn4)cc3C2=O)C(=O)N1. The number of nitrogens with one attached hydrogen (secondary N) is 1. The third-order valence-electron chi connectivity index (χ3n) is 6.15. The van der Waals surface area contributed by atoms with Crippen molar-refractivity contribution >= 4 is 17.7 Å². The Morgan fingerprint density at radius 2 is 2.00 bits per heavy atom. The zero-order chi connectivity index (χ0) is 20.1. The van der Waals surface area contributed by atoms with Crippen LogP contribution in [-0.2, 0) is 16.1 Å². The van der Waals surface area contributed by atoms with Crippen LogP contribution in [0.5, 0.6) is 0 Å². The fourth-order valence-corrected chi connectivity index (χ4v) is 4.54. The molecule has 1 unspecified atom stereocenters. The number of fused-ring (bicyclic) bond motifs is 1. The van der Waals surface area contributed by atoms with Crippen molar-refractivity contribution in [3.05, 3.63) is 41.2 Å². The van der Waals surface area contributed by atoms with Crippen LogP contribution >= 0.6 is 0 Å². The highest BCUT2D eigenvalue weighted by atomic mass is 16.3. The smallest absolute Gasteiger partial charge is 0.255 e. The Labute approximate surface area is 166 Å². The number of nitrogens with zero attached hydrogens (tertiary/aromatic N) is 4. The van der Waals surface area contributed by atoms with E-state index in [-0.39, 0.29) is 30.3 Å². The van der Waals surface area contributed by atoms with Crippen molar-refractivity contribution in [2.75, 3.05) is 0 Å². The number of carbonyl (C=O) groups is 3. The standard InChI is InChI=1S/C20H21N5O4/c26-17-3-1-2-13(17)15-10-25(23-22-15)12-5-4-11-9-24(20(29)14(11)8-12)16-6-7-18(27)21-19(16)28/h4-5,8,10,13,16-17,26H,1-3,6-7,9H2,(H,21,27,28)/t13-,16?,17-/m1/s1. The van der Waals surface area contributed by atoms with Crippen molar-refractivity contribution in [1.82, 2.24) is 25.2 Å². The topological polar surface area (TPSA) is 117 Å². The van der Waals surface area contributed by atoms with E-state index in [1.54, 1.807) is 16.9 Å². The fourth-order valence-electron chi connectivity index (χ4n) is 4.54. The molecule has 9 heteroatoms. The second kappa shape index (κ2) is 6.77. The van der Waals surface area contributed by atoms with Crippen molar-refractivity contribution in [3.8, 4) is 5.69 Å². The van der Waals surface area contributed by atoms with Gasteiger partial charge in [0.25, 0.3) is 5.91 Å². The number of amides is 3. The third-order valence-corrected chi connectivity index (χ3v) is 6.15. The molecule has 5 rings (SSSR count). The normalized spacial score (nSPS) is 26.7. The van der Waals surface area contributed by atoms with Crippen LogP contribution in [-0.4, -0.2) is 54.9 Å². The largest absolute Gasteiger partial charge is 0.392 e. The highest BCUT2D eigenvalue weighted by Gasteiger charge is 2.39. The zero-order valence-corrected chi connectivity index (χ0v) is 15.7. The minimum absolute atomic E-state index is 0.00262. The van der Waals surface area contributed by atoms with Gasteiger partial charge in [-0.1, -0.05) is 17.7 Å². The highest BCUT2D eigenvalue weighted by molar-refractivity contribution is 6.05. The molecule has 1 aliphatic carbocycles. The van der Waals surface area contributed by atoms with Crippen LogP contribution < -0.4 is 5.32 Å². The summed E-state index contributed by atoms with van der Waals surface area (Å²) in [5, 5.41) is 20.8. The van der Waals surface area contributed by atoms with Gasteiger partial charge in [-0.2, -0.15) is 0 Å². The summed E-state index contributed by atoms with van der Waals surface area (Å²) in [4.78, 5) is 38.0. The monoisotopic (exact) mass is 395 g/mol. The summed E-state index contributed by atoms with van der Waals surface area (Å²) >= 11 is 0. The van der Waals surface area contributed by atoms with Crippen LogP contribution in [0.3, 0.4) is 0 Å². The van der Waals surface area contributed by atoms with Gasteiger partial charge in [0.15, 0.2) is 0 Å². The molecule has 0 spiro atoms. The summed E-state index contributed by atoms with van der Waals surface area (Å²) in [5.74, 6) is -0.934. The molecule has 3 atom stereocenters. The molecule has 2 aromatic rings. The molecule has 1 saturated heterocycles. The van der Waals surface area contributed by atoms with E-state index in [1.807, 2.05) is 12.1 Å². The Morgan fingerprint density at radius 3 is 2.76 bits per heavy atom. The predicted octanol–water partition coefficient (Wildman–Crippen LogP) is 0.657. The van der Waals surface area contributed by atoms with E-state index in [0.29, 0.717) is 24.2 Å². The lowest BCUT2D eigenvalue weighted by Crippen LogP contribution is -2.52. The summed E-state index contributed by atoms with van der Waals surface area (Å²) in [5.41, 5.74) is 2.83. The maximum atomic E-state index is 12.9. The van der Waals surface area contributed by atoms with Gasteiger partial charge in [-0.25, -0.2) is 4.68 Å². The number of carbonyl (C=O) groups excluding carboxylic acids is 3. The fraction of sp³-hybridized carbons (Fsp3) is 0.450. The molecule has 2 N–H and O–H groups in total. The quantitative estimate of drug-likeness (QED) is 0.737. The number of benzene rings is 1. The molecular weight excluding hydrogens is 374 g/mol. The average Bonchev–Trinajstić information content (AvgIpc) is 3.41. The molecule has 2 fully saturated rings. The van der Waals surface area contributed by atoms with E-state index in [4.69, 9.17) is 0 Å². The first-order valence-corrected chi connectivity index (χ1v) is 9.89. The van der Waals surface area contributed by atoms with E-state index in [1.165, 1.54) is 4.90 Å². The summed E-state index contributed by atoms with van der Waals surface area (Å²) in [6.45, 7) is 0.345. The van der Waals surface area contributed by atoms with E-state index in [9.17, 15) is 19.5 Å². The maximum Gasteiger partial charge on any atom is 0.255 e. The van der Waals surface area contributed by atoms with Crippen LogP contribution in [0.4, 0.5) is 0 Å². The van der Waals surface area contributed by atoms with Crippen molar-refractivity contribution in [1.29, 1.82) is 0 Å². The second-order valence-electron chi connectivity index (χ2n) is 7.93. The molecule has 3 heterocycles. The van der Waals surface area contributed by atoms with E-state index < -0.39 is 11.9 Å². The Balaban J connectivity index is 1.39. The Hall–Kier alpha value is -3.07. The lowest BCUT2D eigenvalue weighted by atomic mass is 10.0. The number of rotatable bonds is 3. The molecule has 0 bridgehead atoms. The molecule has 2 aliphatic heterocycles. The van der Waals surface area contributed by atoms with Gasteiger partial charge in [0.05, 0.1) is 23.7 Å². The molecule has 150 valence electrons. The second-order valence-corrected chi connectivity index (χ2v) is 7.93. The number of hydrogen-bond donors (Lipinski definition) is 2. The van der Waals surface area contributed by atoms with Gasteiger partial charge < -0.3 is 10.0 Å². The van der Waals surface area contributed by atoms with Gasteiger partial charge in [0, 0.05) is 24.4 Å². The first kappa shape index (κ1) is 18.0. The van der Waals surface area contributed by atoms with Gasteiger partial charge in [-0.05, 0) is 37.0 Å². The average molecular weight is 395 g/mol.